The molecule has 0 spiro atoms. The van der Waals surface area contributed by atoms with E-state index in [9.17, 15) is 4.79 Å². The second-order valence-corrected chi connectivity index (χ2v) is 8.21. The van der Waals surface area contributed by atoms with Crippen LogP contribution in [0.4, 0.5) is 0 Å². The zero-order valence-electron chi connectivity index (χ0n) is 17.1. The first-order valence-corrected chi connectivity index (χ1v) is 10.3. The monoisotopic (exact) mass is 507 g/mol. The maximum Gasteiger partial charge on any atom is 0.242 e. The lowest BCUT2D eigenvalue weighted by molar-refractivity contribution is -0.130. The second-order valence-electron chi connectivity index (χ2n) is 7.21. The maximum absolute atomic E-state index is 12.5. The Bertz CT molecular complexity index is 609. The fraction of sp³-hybridized carbons (Fsp3) is 0.684. The highest BCUT2D eigenvalue weighted by Crippen LogP contribution is 2.23. The Kier molecular flexibility index (Phi) is 10.6. The Labute approximate surface area is 184 Å². The molecule has 2 heterocycles. The summed E-state index contributed by atoms with van der Waals surface area (Å²) in [4.78, 5) is 22.5. The SMILES string of the molecule is CN=C(NCCN(C(C)C)C(C)C)NCC(=O)N1CCc2sccc2C1.I. The number of hydrogen-bond donors (Lipinski definition) is 2. The number of fused-ring (bicyclic) bond motifs is 1. The molecule has 1 aliphatic rings. The molecule has 27 heavy (non-hydrogen) atoms. The van der Waals surface area contributed by atoms with Gasteiger partial charge in [0, 0.05) is 50.2 Å². The smallest absolute Gasteiger partial charge is 0.242 e. The molecule has 1 aromatic heterocycles. The van der Waals surface area contributed by atoms with Crippen LogP contribution in [0.5, 0.6) is 0 Å². The minimum absolute atomic E-state index is 0. The molecule has 0 saturated heterocycles. The molecule has 0 unspecified atom stereocenters. The van der Waals surface area contributed by atoms with Crippen LogP contribution in [0.25, 0.3) is 0 Å². The van der Waals surface area contributed by atoms with Gasteiger partial charge in [-0.25, -0.2) is 0 Å². The Morgan fingerprint density at radius 2 is 2.00 bits per heavy atom. The van der Waals surface area contributed by atoms with Crippen molar-refractivity contribution in [2.45, 2.75) is 52.7 Å². The first-order valence-electron chi connectivity index (χ1n) is 9.45. The van der Waals surface area contributed by atoms with Crippen LogP contribution in [0.3, 0.4) is 0 Å². The van der Waals surface area contributed by atoms with Crippen LogP contribution < -0.4 is 10.6 Å². The molecule has 2 N–H and O–H groups in total. The van der Waals surface area contributed by atoms with E-state index in [1.807, 2.05) is 4.90 Å². The lowest BCUT2D eigenvalue weighted by Crippen LogP contribution is -2.48. The van der Waals surface area contributed by atoms with Crippen molar-refractivity contribution in [2.75, 3.05) is 33.2 Å². The third-order valence-electron chi connectivity index (χ3n) is 4.78. The normalized spacial score (nSPS) is 14.4. The summed E-state index contributed by atoms with van der Waals surface area (Å²) in [6.45, 7) is 12.4. The molecule has 2 rings (SSSR count). The summed E-state index contributed by atoms with van der Waals surface area (Å²) in [7, 11) is 1.74. The fourth-order valence-electron chi connectivity index (χ4n) is 3.37. The lowest BCUT2D eigenvalue weighted by Gasteiger charge is -2.30. The van der Waals surface area contributed by atoms with Crippen molar-refractivity contribution in [1.29, 1.82) is 0 Å². The first kappa shape index (κ1) is 24.2. The van der Waals surface area contributed by atoms with E-state index < -0.39 is 0 Å². The highest BCUT2D eigenvalue weighted by Gasteiger charge is 2.21. The molecule has 1 amide bonds. The van der Waals surface area contributed by atoms with E-state index in [4.69, 9.17) is 0 Å². The fourth-order valence-corrected chi connectivity index (χ4v) is 4.26. The van der Waals surface area contributed by atoms with Gasteiger partial charge in [-0.1, -0.05) is 0 Å². The molecule has 0 fully saturated rings. The Hall–Kier alpha value is -0.870. The number of carbonyl (C=O) groups excluding carboxylic acids is 1. The number of guanidine groups is 1. The van der Waals surface area contributed by atoms with Gasteiger partial charge in [-0.15, -0.1) is 35.3 Å². The van der Waals surface area contributed by atoms with Crippen molar-refractivity contribution >= 4 is 47.2 Å². The molecular formula is C19H34IN5OS. The summed E-state index contributed by atoms with van der Waals surface area (Å²) in [5, 5.41) is 8.57. The van der Waals surface area contributed by atoms with Gasteiger partial charge >= 0.3 is 0 Å². The van der Waals surface area contributed by atoms with E-state index in [-0.39, 0.29) is 36.4 Å². The van der Waals surface area contributed by atoms with E-state index >= 15 is 0 Å². The number of thiophene rings is 1. The van der Waals surface area contributed by atoms with E-state index in [0.717, 1.165) is 32.6 Å². The standard InChI is InChI=1S/C19H33N5OS.HI/c1-14(2)24(15(3)4)10-8-21-19(20-5)22-12-18(25)23-9-6-17-16(13-23)7-11-26-17;/h7,11,14-15H,6,8-10,12-13H2,1-5H3,(H2,20,21,22);1H. The Balaban J connectivity index is 0.00000364. The summed E-state index contributed by atoms with van der Waals surface area (Å²) in [6, 6.07) is 3.15. The van der Waals surface area contributed by atoms with Gasteiger partial charge in [0.15, 0.2) is 5.96 Å². The van der Waals surface area contributed by atoms with Crippen molar-refractivity contribution in [3.63, 3.8) is 0 Å². The zero-order valence-corrected chi connectivity index (χ0v) is 20.3. The third-order valence-corrected chi connectivity index (χ3v) is 5.80. The van der Waals surface area contributed by atoms with Crippen molar-refractivity contribution in [3.8, 4) is 0 Å². The van der Waals surface area contributed by atoms with Crippen LogP contribution in [0.15, 0.2) is 16.4 Å². The number of aliphatic imine (C=N–C) groups is 1. The van der Waals surface area contributed by atoms with Gasteiger partial charge in [0.1, 0.15) is 0 Å². The van der Waals surface area contributed by atoms with Crippen molar-refractivity contribution in [3.05, 3.63) is 21.9 Å². The second kappa shape index (κ2) is 11.9. The van der Waals surface area contributed by atoms with E-state index in [1.165, 1.54) is 10.4 Å². The molecule has 0 bridgehead atoms. The maximum atomic E-state index is 12.5. The highest BCUT2D eigenvalue weighted by atomic mass is 127. The van der Waals surface area contributed by atoms with Crippen LogP contribution in [-0.2, 0) is 17.8 Å². The van der Waals surface area contributed by atoms with Crippen molar-refractivity contribution in [1.82, 2.24) is 20.4 Å². The number of halogens is 1. The van der Waals surface area contributed by atoms with Crippen LogP contribution in [0, 0.1) is 0 Å². The summed E-state index contributed by atoms with van der Waals surface area (Å²) in [6.07, 6.45) is 0.964. The minimum atomic E-state index is 0. The number of amides is 1. The number of nitrogens with zero attached hydrogens (tertiary/aromatic N) is 3. The predicted octanol–water partition coefficient (Wildman–Crippen LogP) is 2.53. The predicted molar refractivity (Wildman–Crippen MR) is 125 cm³/mol. The van der Waals surface area contributed by atoms with Crippen LogP contribution >= 0.6 is 35.3 Å². The number of carbonyl (C=O) groups is 1. The molecule has 154 valence electrons. The topological polar surface area (TPSA) is 60.0 Å². The summed E-state index contributed by atoms with van der Waals surface area (Å²) in [5.74, 6) is 0.801. The van der Waals surface area contributed by atoms with Crippen LogP contribution in [0.1, 0.15) is 38.1 Å². The average molecular weight is 507 g/mol. The molecule has 1 aliphatic heterocycles. The van der Waals surface area contributed by atoms with Crippen LogP contribution in [0.2, 0.25) is 0 Å². The van der Waals surface area contributed by atoms with Crippen LogP contribution in [-0.4, -0.2) is 67.0 Å². The molecule has 6 nitrogen and oxygen atoms in total. The average Bonchev–Trinajstić information content (AvgIpc) is 3.07. The van der Waals surface area contributed by atoms with Gasteiger partial charge in [0.05, 0.1) is 6.54 Å². The molecular weight excluding hydrogens is 473 g/mol. The minimum Gasteiger partial charge on any atom is -0.355 e. The molecule has 0 radical (unpaired) electrons. The van der Waals surface area contributed by atoms with E-state index in [1.54, 1.807) is 18.4 Å². The van der Waals surface area contributed by atoms with E-state index in [0.29, 0.717) is 18.0 Å². The van der Waals surface area contributed by atoms with Gasteiger partial charge < -0.3 is 15.5 Å². The van der Waals surface area contributed by atoms with Gasteiger partial charge in [0.25, 0.3) is 0 Å². The Morgan fingerprint density at radius 3 is 2.63 bits per heavy atom. The molecule has 0 atom stereocenters. The quantitative estimate of drug-likeness (QED) is 0.339. The van der Waals surface area contributed by atoms with Gasteiger partial charge in [-0.05, 0) is 51.1 Å². The summed E-state index contributed by atoms with van der Waals surface area (Å²) in [5.41, 5.74) is 1.29. The van der Waals surface area contributed by atoms with E-state index in [2.05, 4.69) is 59.7 Å². The van der Waals surface area contributed by atoms with Gasteiger partial charge in [-0.2, -0.15) is 0 Å². The molecule has 0 aliphatic carbocycles. The molecule has 0 saturated carbocycles. The van der Waals surface area contributed by atoms with Gasteiger partial charge in [-0.3, -0.25) is 14.7 Å². The first-order chi connectivity index (χ1) is 12.4. The molecule has 0 aromatic carbocycles. The third kappa shape index (κ3) is 7.23. The van der Waals surface area contributed by atoms with Gasteiger partial charge in [0.2, 0.25) is 5.91 Å². The number of hydrogen-bond acceptors (Lipinski definition) is 4. The number of rotatable bonds is 7. The molecule has 1 aromatic rings. The summed E-state index contributed by atoms with van der Waals surface area (Å²) >= 11 is 1.79. The number of nitrogens with one attached hydrogen (secondary N) is 2. The molecule has 8 heteroatoms. The zero-order chi connectivity index (χ0) is 19.1. The van der Waals surface area contributed by atoms with Crippen molar-refractivity contribution < 1.29 is 4.79 Å². The Morgan fingerprint density at radius 1 is 1.30 bits per heavy atom. The largest absolute Gasteiger partial charge is 0.355 e. The summed E-state index contributed by atoms with van der Waals surface area (Å²) < 4.78 is 0. The lowest BCUT2D eigenvalue weighted by atomic mass is 10.1. The highest BCUT2D eigenvalue weighted by molar-refractivity contribution is 14.0. The van der Waals surface area contributed by atoms with Crippen molar-refractivity contribution in [2.24, 2.45) is 4.99 Å².